The molecule has 4 nitrogen and oxygen atoms in total. The number of hydrogen-bond acceptors (Lipinski definition) is 3. The van der Waals surface area contributed by atoms with Gasteiger partial charge in [0.05, 0.1) is 11.6 Å². The van der Waals surface area contributed by atoms with Crippen molar-refractivity contribution < 1.29 is 9.53 Å². The van der Waals surface area contributed by atoms with Crippen LogP contribution in [0.3, 0.4) is 0 Å². The predicted octanol–water partition coefficient (Wildman–Crippen LogP) is 4.45. The van der Waals surface area contributed by atoms with Gasteiger partial charge in [-0.15, -0.1) is 6.58 Å². The summed E-state index contributed by atoms with van der Waals surface area (Å²) < 4.78 is 5.86. The Hall–Kier alpha value is -3.06. The zero-order chi connectivity index (χ0) is 19.9. The Bertz CT molecular complexity index is 827. The van der Waals surface area contributed by atoms with Crippen LogP contribution in [0.25, 0.3) is 0 Å². The predicted molar refractivity (Wildman–Crippen MR) is 107 cm³/mol. The first-order chi connectivity index (χ1) is 12.8. The normalized spacial score (nSPS) is 10.7. The fraction of sp³-hybridized carbons (Fsp3) is 0.304. The van der Waals surface area contributed by atoms with Crippen LogP contribution < -0.4 is 4.74 Å². The van der Waals surface area contributed by atoms with E-state index in [0.717, 1.165) is 16.9 Å². The quantitative estimate of drug-likeness (QED) is 0.684. The van der Waals surface area contributed by atoms with Gasteiger partial charge in [0.15, 0.2) is 6.61 Å². The third-order valence-electron chi connectivity index (χ3n) is 4.20. The van der Waals surface area contributed by atoms with Gasteiger partial charge in [-0.2, -0.15) is 5.26 Å². The van der Waals surface area contributed by atoms with Crippen molar-refractivity contribution in [3.05, 3.63) is 77.9 Å². The standard InChI is InChI=1S/C23H26N2O2/c1-5-14-25(16-19-12-10-18(15-24)11-13-19)22(26)17-27-21-9-7-6-8-20(21)23(2,3)4/h5-13H,1,14,16-17H2,2-4H3. The van der Waals surface area contributed by atoms with Gasteiger partial charge in [-0.25, -0.2) is 0 Å². The molecule has 0 saturated heterocycles. The van der Waals surface area contributed by atoms with E-state index in [0.29, 0.717) is 18.7 Å². The van der Waals surface area contributed by atoms with Crippen molar-refractivity contribution >= 4 is 5.91 Å². The Labute approximate surface area is 161 Å². The number of hydrogen-bond donors (Lipinski definition) is 0. The lowest BCUT2D eigenvalue weighted by molar-refractivity contribution is -0.133. The van der Waals surface area contributed by atoms with Crippen molar-refractivity contribution in [1.82, 2.24) is 4.90 Å². The molecule has 0 saturated carbocycles. The molecule has 0 atom stereocenters. The van der Waals surface area contributed by atoms with Crippen molar-refractivity contribution in [3.63, 3.8) is 0 Å². The summed E-state index contributed by atoms with van der Waals surface area (Å²) >= 11 is 0. The lowest BCUT2D eigenvalue weighted by Gasteiger charge is -2.24. The lowest BCUT2D eigenvalue weighted by Crippen LogP contribution is -2.34. The molecule has 27 heavy (non-hydrogen) atoms. The molecule has 0 N–H and O–H groups in total. The van der Waals surface area contributed by atoms with Gasteiger partial charge in [-0.3, -0.25) is 4.79 Å². The maximum atomic E-state index is 12.7. The van der Waals surface area contributed by atoms with Crippen molar-refractivity contribution in [2.45, 2.75) is 32.7 Å². The summed E-state index contributed by atoms with van der Waals surface area (Å²) in [6.07, 6.45) is 1.70. The second-order valence-electron chi connectivity index (χ2n) is 7.41. The van der Waals surface area contributed by atoms with Gasteiger partial charge >= 0.3 is 0 Å². The summed E-state index contributed by atoms with van der Waals surface area (Å²) in [7, 11) is 0. The monoisotopic (exact) mass is 362 g/mol. The van der Waals surface area contributed by atoms with Gasteiger partial charge in [-0.1, -0.05) is 57.2 Å². The van der Waals surface area contributed by atoms with E-state index in [9.17, 15) is 4.79 Å². The smallest absolute Gasteiger partial charge is 0.261 e. The minimum atomic E-state index is -0.108. The third kappa shape index (κ3) is 5.72. The zero-order valence-electron chi connectivity index (χ0n) is 16.2. The molecule has 0 heterocycles. The molecule has 2 aromatic carbocycles. The van der Waals surface area contributed by atoms with Gasteiger partial charge in [0, 0.05) is 13.1 Å². The van der Waals surface area contributed by atoms with E-state index in [2.05, 4.69) is 33.4 Å². The van der Waals surface area contributed by atoms with Crippen LogP contribution in [0.5, 0.6) is 5.75 Å². The van der Waals surface area contributed by atoms with Crippen LogP contribution in [0.15, 0.2) is 61.2 Å². The number of nitrogens with zero attached hydrogens (tertiary/aromatic N) is 2. The van der Waals surface area contributed by atoms with Crippen LogP contribution in [-0.2, 0) is 16.8 Å². The Morgan fingerprint density at radius 2 is 1.85 bits per heavy atom. The number of benzene rings is 2. The van der Waals surface area contributed by atoms with Gasteiger partial charge in [0.2, 0.25) is 0 Å². The van der Waals surface area contributed by atoms with E-state index in [-0.39, 0.29) is 17.9 Å². The van der Waals surface area contributed by atoms with Gasteiger partial charge in [0.1, 0.15) is 5.75 Å². The minimum absolute atomic E-state index is 0.0305. The third-order valence-corrected chi connectivity index (χ3v) is 4.20. The summed E-state index contributed by atoms with van der Waals surface area (Å²) in [4.78, 5) is 14.4. The lowest BCUT2D eigenvalue weighted by atomic mass is 9.86. The molecular formula is C23H26N2O2. The van der Waals surface area contributed by atoms with E-state index in [1.54, 1.807) is 23.1 Å². The van der Waals surface area contributed by atoms with Gasteiger partial charge < -0.3 is 9.64 Å². The van der Waals surface area contributed by atoms with E-state index in [1.807, 2.05) is 36.4 Å². The molecule has 2 aromatic rings. The molecule has 0 radical (unpaired) electrons. The zero-order valence-corrected chi connectivity index (χ0v) is 16.2. The highest BCUT2D eigenvalue weighted by Gasteiger charge is 2.20. The Balaban J connectivity index is 2.07. The molecule has 2 rings (SSSR count). The average Bonchev–Trinajstić information content (AvgIpc) is 2.66. The maximum absolute atomic E-state index is 12.7. The van der Waals surface area contributed by atoms with Gasteiger partial charge in [-0.05, 0) is 34.7 Å². The summed E-state index contributed by atoms with van der Waals surface area (Å²) in [5, 5.41) is 8.90. The molecule has 0 bridgehead atoms. The molecular weight excluding hydrogens is 336 g/mol. The highest BCUT2D eigenvalue weighted by Crippen LogP contribution is 2.30. The summed E-state index contributed by atoms with van der Waals surface area (Å²) in [5.41, 5.74) is 2.56. The minimum Gasteiger partial charge on any atom is -0.483 e. The first-order valence-electron chi connectivity index (χ1n) is 8.95. The van der Waals surface area contributed by atoms with Crippen LogP contribution >= 0.6 is 0 Å². The highest BCUT2D eigenvalue weighted by atomic mass is 16.5. The summed E-state index contributed by atoms with van der Waals surface area (Å²) in [6, 6.07) is 17.1. The number of rotatable bonds is 7. The van der Waals surface area contributed by atoms with Crippen LogP contribution in [0, 0.1) is 11.3 Å². The summed E-state index contributed by atoms with van der Waals surface area (Å²) in [5.74, 6) is 0.623. The molecule has 0 spiro atoms. The Kier molecular flexibility index (Phi) is 6.79. The average molecular weight is 362 g/mol. The van der Waals surface area contributed by atoms with E-state index in [4.69, 9.17) is 10.00 Å². The topological polar surface area (TPSA) is 53.3 Å². The molecule has 0 unspecified atom stereocenters. The molecule has 1 amide bonds. The molecule has 0 aromatic heterocycles. The first kappa shape index (κ1) is 20.3. The molecule has 0 aliphatic heterocycles. The number of ether oxygens (including phenoxy) is 1. The Morgan fingerprint density at radius 3 is 2.44 bits per heavy atom. The molecule has 4 heteroatoms. The highest BCUT2D eigenvalue weighted by molar-refractivity contribution is 5.78. The fourth-order valence-corrected chi connectivity index (χ4v) is 2.76. The van der Waals surface area contributed by atoms with Crippen LogP contribution in [0.1, 0.15) is 37.5 Å². The number of nitriles is 1. The number of amides is 1. The number of carbonyl (C=O) groups is 1. The van der Waals surface area contributed by atoms with Crippen molar-refractivity contribution in [2.75, 3.05) is 13.2 Å². The second kappa shape index (κ2) is 9.05. The van der Waals surface area contributed by atoms with E-state index >= 15 is 0 Å². The molecule has 140 valence electrons. The van der Waals surface area contributed by atoms with Gasteiger partial charge in [0.25, 0.3) is 5.91 Å². The maximum Gasteiger partial charge on any atom is 0.261 e. The van der Waals surface area contributed by atoms with Crippen molar-refractivity contribution in [1.29, 1.82) is 5.26 Å². The molecule has 0 fully saturated rings. The summed E-state index contributed by atoms with van der Waals surface area (Å²) in [6.45, 7) is 10.9. The van der Waals surface area contributed by atoms with E-state index < -0.39 is 0 Å². The van der Waals surface area contributed by atoms with Crippen LogP contribution in [-0.4, -0.2) is 24.0 Å². The fourth-order valence-electron chi connectivity index (χ4n) is 2.76. The molecule has 0 aliphatic rings. The molecule has 0 aliphatic carbocycles. The number of para-hydroxylation sites is 1. The van der Waals surface area contributed by atoms with Crippen molar-refractivity contribution in [2.24, 2.45) is 0 Å². The first-order valence-corrected chi connectivity index (χ1v) is 8.95. The van der Waals surface area contributed by atoms with E-state index in [1.165, 1.54) is 0 Å². The second-order valence-corrected chi connectivity index (χ2v) is 7.41. The van der Waals surface area contributed by atoms with Crippen LogP contribution in [0.2, 0.25) is 0 Å². The Morgan fingerprint density at radius 1 is 1.19 bits per heavy atom. The largest absolute Gasteiger partial charge is 0.483 e. The van der Waals surface area contributed by atoms with Crippen molar-refractivity contribution in [3.8, 4) is 11.8 Å². The number of carbonyl (C=O) groups excluding carboxylic acids is 1. The van der Waals surface area contributed by atoms with Crippen LogP contribution in [0.4, 0.5) is 0 Å². The SMILES string of the molecule is C=CCN(Cc1ccc(C#N)cc1)C(=O)COc1ccccc1C(C)(C)C.